The molecule has 100 valence electrons. The summed E-state index contributed by atoms with van der Waals surface area (Å²) in [5, 5.41) is 8.86. The molecule has 0 aliphatic rings. The lowest BCUT2D eigenvalue weighted by Crippen LogP contribution is -2.25. The molecule has 1 rings (SSSR count). The highest BCUT2D eigenvalue weighted by Crippen LogP contribution is 2.07. The molecule has 0 atom stereocenters. The average Bonchev–Trinajstić information content (AvgIpc) is 2.26. The maximum absolute atomic E-state index is 11.0. The number of benzene rings is 1. The number of hydrogen-bond acceptors (Lipinski definition) is 4. The van der Waals surface area contributed by atoms with Crippen molar-refractivity contribution in [2.45, 2.75) is 6.54 Å². The van der Waals surface area contributed by atoms with Crippen molar-refractivity contribution in [3.05, 3.63) is 35.4 Å². The second kappa shape index (κ2) is 5.97. The molecular weight excluding hydrogens is 254 g/mol. The Morgan fingerprint density at radius 3 is 2.61 bits per heavy atom. The van der Waals surface area contributed by atoms with E-state index in [1.165, 1.54) is 12.3 Å². The van der Waals surface area contributed by atoms with Gasteiger partial charge in [0.15, 0.2) is 0 Å². The molecule has 0 bridgehead atoms. The van der Waals surface area contributed by atoms with E-state index in [4.69, 9.17) is 5.11 Å². The van der Waals surface area contributed by atoms with Crippen LogP contribution in [0.5, 0.6) is 0 Å². The van der Waals surface area contributed by atoms with Gasteiger partial charge in [-0.1, -0.05) is 12.1 Å². The quantitative estimate of drug-likeness (QED) is 0.830. The lowest BCUT2D eigenvalue weighted by Gasteiger charge is -2.16. The molecule has 1 aromatic rings. The van der Waals surface area contributed by atoms with Crippen LogP contribution >= 0.6 is 0 Å². The number of carboxylic acids is 1. The fraction of sp³-hybridized carbons (Fsp3) is 0.417. The molecule has 0 amide bonds. The molecule has 0 aliphatic carbocycles. The van der Waals surface area contributed by atoms with Crippen LogP contribution < -0.4 is 0 Å². The molecule has 0 fully saturated rings. The topological polar surface area (TPSA) is 74.7 Å². The van der Waals surface area contributed by atoms with Crippen molar-refractivity contribution in [2.75, 3.05) is 25.6 Å². The van der Waals surface area contributed by atoms with E-state index in [1.54, 1.807) is 19.2 Å². The minimum Gasteiger partial charge on any atom is -0.478 e. The summed E-state index contributed by atoms with van der Waals surface area (Å²) in [4.78, 5) is 12.7. The Morgan fingerprint density at radius 1 is 1.39 bits per heavy atom. The maximum atomic E-state index is 11.0. The molecule has 0 radical (unpaired) electrons. The fourth-order valence-electron chi connectivity index (χ4n) is 1.52. The smallest absolute Gasteiger partial charge is 0.335 e. The summed E-state index contributed by atoms with van der Waals surface area (Å²) in [5.41, 5.74) is 1.09. The van der Waals surface area contributed by atoms with Crippen LogP contribution in [0, 0.1) is 0 Å². The van der Waals surface area contributed by atoms with Crippen LogP contribution in [-0.4, -0.2) is 50.0 Å². The first kappa shape index (κ1) is 14.7. The zero-order valence-corrected chi connectivity index (χ0v) is 11.3. The molecule has 0 spiro atoms. The van der Waals surface area contributed by atoms with Crippen LogP contribution in [0.3, 0.4) is 0 Å². The van der Waals surface area contributed by atoms with E-state index in [0.717, 1.165) is 5.56 Å². The van der Waals surface area contributed by atoms with Crippen LogP contribution in [0.15, 0.2) is 24.3 Å². The molecule has 0 heterocycles. The van der Waals surface area contributed by atoms with Crippen molar-refractivity contribution >= 4 is 15.8 Å². The predicted molar refractivity (Wildman–Crippen MR) is 69.4 cm³/mol. The summed E-state index contributed by atoms with van der Waals surface area (Å²) in [5.74, 6) is -0.863. The number of nitrogens with zero attached hydrogens (tertiary/aromatic N) is 1. The number of aromatic carboxylic acids is 1. The molecule has 1 N–H and O–H groups in total. The Kier molecular flexibility index (Phi) is 4.86. The lowest BCUT2D eigenvalue weighted by atomic mass is 10.1. The minimum absolute atomic E-state index is 0.0993. The van der Waals surface area contributed by atoms with E-state index in [2.05, 4.69) is 0 Å². The van der Waals surface area contributed by atoms with Gasteiger partial charge in [-0.25, -0.2) is 13.2 Å². The maximum Gasteiger partial charge on any atom is 0.335 e. The van der Waals surface area contributed by atoms with E-state index in [-0.39, 0.29) is 11.3 Å². The lowest BCUT2D eigenvalue weighted by molar-refractivity contribution is 0.0696. The summed E-state index contributed by atoms with van der Waals surface area (Å²) in [7, 11) is -1.16. The molecule has 0 saturated heterocycles. The molecule has 18 heavy (non-hydrogen) atoms. The van der Waals surface area contributed by atoms with E-state index in [1.807, 2.05) is 11.0 Å². The Bertz CT molecular complexity index is 525. The second-order valence-corrected chi connectivity index (χ2v) is 6.63. The first-order valence-electron chi connectivity index (χ1n) is 5.46. The number of hydrogen-bond donors (Lipinski definition) is 1. The van der Waals surface area contributed by atoms with Crippen LogP contribution in [-0.2, 0) is 16.4 Å². The van der Waals surface area contributed by atoms with Crippen molar-refractivity contribution < 1.29 is 18.3 Å². The first-order chi connectivity index (χ1) is 8.28. The predicted octanol–water partition coefficient (Wildman–Crippen LogP) is 0.861. The van der Waals surface area contributed by atoms with Crippen molar-refractivity contribution in [1.82, 2.24) is 4.90 Å². The zero-order chi connectivity index (χ0) is 13.8. The van der Waals surface area contributed by atoms with E-state index >= 15 is 0 Å². The van der Waals surface area contributed by atoms with Crippen molar-refractivity contribution in [1.29, 1.82) is 0 Å². The van der Waals surface area contributed by atoms with Gasteiger partial charge in [-0.2, -0.15) is 0 Å². The highest BCUT2D eigenvalue weighted by molar-refractivity contribution is 7.90. The third-order valence-electron chi connectivity index (χ3n) is 2.47. The largest absolute Gasteiger partial charge is 0.478 e. The third kappa shape index (κ3) is 5.29. The van der Waals surface area contributed by atoms with Crippen LogP contribution in [0.4, 0.5) is 0 Å². The number of rotatable bonds is 6. The number of sulfone groups is 1. The van der Waals surface area contributed by atoms with Gasteiger partial charge >= 0.3 is 5.97 Å². The molecule has 6 heteroatoms. The molecule has 5 nitrogen and oxygen atoms in total. The van der Waals surface area contributed by atoms with Crippen LogP contribution in [0.2, 0.25) is 0 Å². The molecular formula is C12H17NO4S. The van der Waals surface area contributed by atoms with Gasteiger partial charge in [0, 0.05) is 19.3 Å². The Balaban J connectivity index is 2.62. The van der Waals surface area contributed by atoms with Gasteiger partial charge in [0.25, 0.3) is 0 Å². The van der Waals surface area contributed by atoms with Gasteiger partial charge in [0.2, 0.25) is 0 Å². The molecule has 0 aliphatic heterocycles. The summed E-state index contributed by atoms with van der Waals surface area (Å²) in [6, 6.07) is 6.63. The Hall–Kier alpha value is -1.40. The van der Waals surface area contributed by atoms with Gasteiger partial charge in [0.1, 0.15) is 9.84 Å². The van der Waals surface area contributed by atoms with E-state index in [9.17, 15) is 13.2 Å². The van der Waals surface area contributed by atoms with Gasteiger partial charge in [0.05, 0.1) is 11.3 Å². The average molecular weight is 271 g/mol. The van der Waals surface area contributed by atoms with Gasteiger partial charge < -0.3 is 10.0 Å². The monoisotopic (exact) mass is 271 g/mol. The van der Waals surface area contributed by atoms with Crippen LogP contribution in [0.1, 0.15) is 15.9 Å². The second-order valence-electron chi connectivity index (χ2n) is 4.37. The van der Waals surface area contributed by atoms with Crippen molar-refractivity contribution in [2.24, 2.45) is 0 Å². The SMILES string of the molecule is CN(CCS(C)(=O)=O)Cc1cccc(C(=O)O)c1. The summed E-state index contributed by atoms with van der Waals surface area (Å²) < 4.78 is 22.1. The summed E-state index contributed by atoms with van der Waals surface area (Å²) >= 11 is 0. The molecule has 1 aromatic carbocycles. The number of carboxylic acid groups (broad SMARTS) is 1. The highest BCUT2D eigenvalue weighted by atomic mass is 32.2. The summed E-state index contributed by atoms with van der Waals surface area (Å²) in [6.45, 7) is 0.951. The Labute approximate surface area is 107 Å². The molecule has 0 unspecified atom stereocenters. The zero-order valence-electron chi connectivity index (χ0n) is 10.5. The first-order valence-corrected chi connectivity index (χ1v) is 7.52. The van der Waals surface area contributed by atoms with E-state index in [0.29, 0.717) is 13.1 Å². The van der Waals surface area contributed by atoms with Gasteiger partial charge in [-0.05, 0) is 24.7 Å². The number of carbonyl (C=O) groups is 1. The Morgan fingerprint density at radius 2 is 2.06 bits per heavy atom. The minimum atomic E-state index is -2.97. The third-order valence-corrected chi connectivity index (χ3v) is 3.39. The summed E-state index contributed by atoms with van der Waals surface area (Å²) in [6.07, 6.45) is 1.20. The molecule has 0 saturated carbocycles. The van der Waals surface area contributed by atoms with Crippen molar-refractivity contribution in [3.63, 3.8) is 0 Å². The van der Waals surface area contributed by atoms with Gasteiger partial charge in [-0.15, -0.1) is 0 Å². The van der Waals surface area contributed by atoms with Crippen LogP contribution in [0.25, 0.3) is 0 Å². The van der Waals surface area contributed by atoms with E-state index < -0.39 is 15.8 Å². The fourth-order valence-corrected chi connectivity index (χ4v) is 2.16. The highest BCUT2D eigenvalue weighted by Gasteiger charge is 2.08. The van der Waals surface area contributed by atoms with Crippen molar-refractivity contribution in [3.8, 4) is 0 Å². The normalized spacial score (nSPS) is 11.7. The standard InChI is InChI=1S/C12H17NO4S/c1-13(6-7-18(2,16)17)9-10-4-3-5-11(8-10)12(14)15/h3-5,8H,6-7,9H2,1-2H3,(H,14,15). The van der Waals surface area contributed by atoms with Gasteiger partial charge in [-0.3, -0.25) is 0 Å². The molecule has 0 aromatic heterocycles.